The van der Waals surface area contributed by atoms with E-state index in [1.807, 2.05) is 0 Å². The molecule has 0 aliphatic carbocycles. The van der Waals surface area contributed by atoms with Crippen LogP contribution in [0.25, 0.3) is 0 Å². The quantitative estimate of drug-likeness (QED) is 0.682. The Hall–Kier alpha value is -0.300. The second kappa shape index (κ2) is 5.55. The Balaban J connectivity index is 2.75. The van der Waals surface area contributed by atoms with Crippen molar-refractivity contribution in [3.8, 4) is 0 Å². The van der Waals surface area contributed by atoms with Crippen molar-refractivity contribution in [3.05, 3.63) is 35.4 Å². The van der Waals surface area contributed by atoms with Crippen LogP contribution in [0.5, 0.6) is 0 Å². The molecule has 1 aromatic rings. The summed E-state index contributed by atoms with van der Waals surface area (Å²) in [5, 5.41) is 0. The summed E-state index contributed by atoms with van der Waals surface area (Å²) in [6.45, 7) is 6.71. The minimum absolute atomic E-state index is 0.499. The van der Waals surface area contributed by atoms with E-state index in [1.54, 1.807) is 0 Å². The van der Waals surface area contributed by atoms with Crippen LogP contribution in [-0.2, 0) is 6.42 Å². The molecule has 0 heterocycles. The fourth-order valence-corrected chi connectivity index (χ4v) is 2.15. The largest absolute Gasteiger partial charge is 0.0836 e. The summed E-state index contributed by atoms with van der Waals surface area (Å²) in [6, 6.07) is 8.94. The predicted octanol–water partition coefficient (Wildman–Crippen LogP) is 4.73. The Labute approximate surface area is 95.9 Å². The Kier molecular flexibility index (Phi) is 4.67. The molecular formula is C13H19Br. The van der Waals surface area contributed by atoms with Crippen LogP contribution in [0.1, 0.15) is 43.1 Å². The Bertz CT molecular complexity index is 263. The van der Waals surface area contributed by atoms with Gasteiger partial charge in [0.2, 0.25) is 0 Å². The summed E-state index contributed by atoms with van der Waals surface area (Å²) in [5.41, 5.74) is 2.81. The molecule has 1 heteroatoms. The van der Waals surface area contributed by atoms with Crippen LogP contribution in [0.4, 0.5) is 0 Å². The lowest BCUT2D eigenvalue weighted by Crippen LogP contribution is -2.01. The van der Waals surface area contributed by atoms with Crippen LogP contribution in [0, 0.1) is 5.92 Å². The molecule has 0 saturated heterocycles. The zero-order valence-electron chi connectivity index (χ0n) is 9.26. The number of hydrogen-bond donors (Lipinski definition) is 0. The van der Waals surface area contributed by atoms with E-state index >= 15 is 0 Å². The van der Waals surface area contributed by atoms with Crippen molar-refractivity contribution in [1.29, 1.82) is 0 Å². The van der Waals surface area contributed by atoms with Gasteiger partial charge in [0, 0.05) is 4.83 Å². The van der Waals surface area contributed by atoms with Crippen molar-refractivity contribution >= 4 is 15.9 Å². The second-order valence-electron chi connectivity index (χ2n) is 3.88. The summed E-state index contributed by atoms with van der Waals surface area (Å²) < 4.78 is 0. The summed E-state index contributed by atoms with van der Waals surface area (Å²) in [4.78, 5) is 0.499. The molecule has 0 fully saturated rings. The van der Waals surface area contributed by atoms with E-state index in [9.17, 15) is 0 Å². The van der Waals surface area contributed by atoms with Crippen LogP contribution in [0.2, 0.25) is 0 Å². The summed E-state index contributed by atoms with van der Waals surface area (Å²) in [5.74, 6) is 0.697. The number of halogens is 1. The zero-order valence-corrected chi connectivity index (χ0v) is 10.8. The molecule has 0 N–H and O–H groups in total. The minimum Gasteiger partial charge on any atom is -0.0836 e. The molecule has 2 unspecified atom stereocenters. The molecule has 0 aromatic heterocycles. The van der Waals surface area contributed by atoms with Crippen LogP contribution in [0.3, 0.4) is 0 Å². The van der Waals surface area contributed by atoms with E-state index in [2.05, 4.69) is 61.0 Å². The van der Waals surface area contributed by atoms with E-state index in [-0.39, 0.29) is 0 Å². The van der Waals surface area contributed by atoms with Gasteiger partial charge in [-0.3, -0.25) is 0 Å². The summed E-state index contributed by atoms with van der Waals surface area (Å²) in [6.07, 6.45) is 2.34. The fraction of sp³-hybridized carbons (Fsp3) is 0.538. The molecule has 78 valence electrons. The van der Waals surface area contributed by atoms with Crippen molar-refractivity contribution in [3.63, 3.8) is 0 Å². The highest BCUT2D eigenvalue weighted by Gasteiger charge is 2.13. The monoisotopic (exact) mass is 254 g/mol. The average Bonchev–Trinajstić information content (AvgIpc) is 2.27. The van der Waals surface area contributed by atoms with Crippen LogP contribution >= 0.6 is 15.9 Å². The van der Waals surface area contributed by atoms with E-state index < -0.39 is 0 Å². The van der Waals surface area contributed by atoms with Gasteiger partial charge in [-0.15, -0.1) is 0 Å². The molecule has 2 atom stereocenters. The van der Waals surface area contributed by atoms with Crippen molar-refractivity contribution in [2.45, 2.75) is 38.4 Å². The van der Waals surface area contributed by atoms with E-state index in [0.717, 1.165) is 6.42 Å². The normalized spacial score (nSPS) is 15.1. The maximum Gasteiger partial charge on any atom is 0.0420 e. The van der Waals surface area contributed by atoms with Crippen molar-refractivity contribution in [2.75, 3.05) is 0 Å². The lowest BCUT2D eigenvalue weighted by atomic mass is 9.98. The number of aryl methyl sites for hydroxylation is 1. The molecule has 1 rings (SSSR count). The number of benzene rings is 1. The second-order valence-corrected chi connectivity index (χ2v) is 4.87. The number of rotatable bonds is 4. The van der Waals surface area contributed by atoms with Gasteiger partial charge in [-0.25, -0.2) is 0 Å². The van der Waals surface area contributed by atoms with Gasteiger partial charge >= 0.3 is 0 Å². The molecule has 0 aliphatic heterocycles. The Morgan fingerprint density at radius 3 is 2.14 bits per heavy atom. The first-order valence-corrected chi connectivity index (χ1v) is 6.33. The fourth-order valence-electron chi connectivity index (χ4n) is 1.47. The Morgan fingerprint density at radius 2 is 1.71 bits per heavy atom. The van der Waals surface area contributed by atoms with Crippen molar-refractivity contribution < 1.29 is 0 Å². The highest BCUT2D eigenvalue weighted by molar-refractivity contribution is 9.09. The smallest absolute Gasteiger partial charge is 0.0420 e. The third-order valence-electron chi connectivity index (χ3n) is 2.85. The summed E-state index contributed by atoms with van der Waals surface area (Å²) >= 11 is 3.76. The molecule has 0 nitrogen and oxygen atoms in total. The molecule has 0 radical (unpaired) electrons. The lowest BCUT2D eigenvalue weighted by Gasteiger charge is -2.17. The average molecular weight is 255 g/mol. The van der Waals surface area contributed by atoms with Crippen LogP contribution in [0.15, 0.2) is 24.3 Å². The van der Waals surface area contributed by atoms with E-state index in [0.29, 0.717) is 10.7 Å². The maximum atomic E-state index is 3.76. The van der Waals surface area contributed by atoms with Crippen molar-refractivity contribution in [2.24, 2.45) is 5.92 Å². The lowest BCUT2D eigenvalue weighted by molar-refractivity contribution is 0.555. The first kappa shape index (κ1) is 11.8. The SMILES string of the molecule is CCc1ccc(C(Br)C(C)CC)cc1. The third-order valence-corrected chi connectivity index (χ3v) is 4.28. The molecule has 1 aromatic carbocycles. The highest BCUT2D eigenvalue weighted by atomic mass is 79.9. The van der Waals surface area contributed by atoms with E-state index in [4.69, 9.17) is 0 Å². The molecular weight excluding hydrogens is 236 g/mol. The van der Waals surface area contributed by atoms with Gasteiger partial charge in [0.1, 0.15) is 0 Å². The van der Waals surface area contributed by atoms with Gasteiger partial charge < -0.3 is 0 Å². The molecule has 14 heavy (non-hydrogen) atoms. The minimum atomic E-state index is 0.499. The van der Waals surface area contributed by atoms with Crippen LogP contribution in [-0.4, -0.2) is 0 Å². The Morgan fingerprint density at radius 1 is 1.14 bits per heavy atom. The molecule has 0 amide bonds. The van der Waals surface area contributed by atoms with Gasteiger partial charge in [-0.2, -0.15) is 0 Å². The first-order valence-electron chi connectivity index (χ1n) is 5.41. The van der Waals surface area contributed by atoms with Crippen LogP contribution < -0.4 is 0 Å². The van der Waals surface area contributed by atoms with Gasteiger partial charge in [-0.05, 0) is 23.5 Å². The highest BCUT2D eigenvalue weighted by Crippen LogP contribution is 2.32. The maximum absolute atomic E-state index is 3.76. The molecule has 0 bridgehead atoms. The number of alkyl halides is 1. The van der Waals surface area contributed by atoms with Gasteiger partial charge in [-0.1, -0.05) is 67.4 Å². The van der Waals surface area contributed by atoms with E-state index in [1.165, 1.54) is 17.5 Å². The molecule has 0 aliphatic rings. The number of hydrogen-bond acceptors (Lipinski definition) is 0. The van der Waals surface area contributed by atoms with Crippen molar-refractivity contribution in [1.82, 2.24) is 0 Å². The summed E-state index contributed by atoms with van der Waals surface area (Å²) in [7, 11) is 0. The van der Waals surface area contributed by atoms with Gasteiger partial charge in [0.25, 0.3) is 0 Å². The zero-order chi connectivity index (χ0) is 10.6. The van der Waals surface area contributed by atoms with Gasteiger partial charge in [0.05, 0.1) is 0 Å². The first-order chi connectivity index (χ1) is 6.69. The third kappa shape index (κ3) is 2.84. The molecule has 0 spiro atoms. The standard InChI is InChI=1S/C13H19Br/c1-4-10(3)13(14)12-8-6-11(5-2)7-9-12/h6-10,13H,4-5H2,1-3H3. The predicted molar refractivity (Wildman–Crippen MR) is 66.9 cm³/mol. The molecule has 0 saturated carbocycles. The topological polar surface area (TPSA) is 0 Å². The van der Waals surface area contributed by atoms with Gasteiger partial charge in [0.15, 0.2) is 0 Å².